The van der Waals surface area contributed by atoms with Crippen LogP contribution >= 0.6 is 0 Å². The van der Waals surface area contributed by atoms with Crippen LogP contribution < -0.4 is 4.90 Å². The van der Waals surface area contributed by atoms with Gasteiger partial charge in [0.05, 0.1) is 12.7 Å². The number of ether oxygens (including phenoxy) is 1. The van der Waals surface area contributed by atoms with Crippen molar-refractivity contribution in [3.63, 3.8) is 0 Å². The summed E-state index contributed by atoms with van der Waals surface area (Å²) in [5.74, 6) is 0.0876. The summed E-state index contributed by atoms with van der Waals surface area (Å²) < 4.78 is 4.79. The van der Waals surface area contributed by atoms with Gasteiger partial charge in [0.1, 0.15) is 0 Å². The molecule has 0 saturated heterocycles. The molecule has 2 aromatic rings. The van der Waals surface area contributed by atoms with Gasteiger partial charge >= 0.3 is 5.97 Å². The molecule has 0 aromatic heterocycles. The number of nitrogens with zero attached hydrogens (tertiary/aromatic N) is 1. The SMILES string of the molecule is CCCCCC(/C=C/c1ccc(C(=O)OC)cc1)c1ccc2c(c1)N(C)CCC2(C)C. The minimum absolute atomic E-state index is 0.231. The summed E-state index contributed by atoms with van der Waals surface area (Å²) >= 11 is 0. The van der Waals surface area contributed by atoms with Crippen LogP contribution in [0.3, 0.4) is 0 Å². The molecule has 3 nitrogen and oxygen atoms in total. The number of methoxy groups -OCH3 is 1. The first kappa shape index (κ1) is 23.1. The van der Waals surface area contributed by atoms with E-state index in [0.29, 0.717) is 11.5 Å². The van der Waals surface area contributed by atoms with Crippen LogP contribution in [-0.4, -0.2) is 26.7 Å². The second-order valence-electron chi connectivity index (χ2n) is 9.41. The number of carbonyl (C=O) groups excluding carboxylic acids is 1. The topological polar surface area (TPSA) is 29.5 Å². The molecule has 3 rings (SSSR count). The third-order valence-corrected chi connectivity index (χ3v) is 6.63. The molecule has 2 aromatic carbocycles. The maximum Gasteiger partial charge on any atom is 0.337 e. The van der Waals surface area contributed by atoms with Crippen molar-refractivity contribution >= 4 is 17.7 Å². The summed E-state index contributed by atoms with van der Waals surface area (Å²) in [6.07, 6.45) is 10.6. The van der Waals surface area contributed by atoms with Crippen molar-refractivity contribution in [1.82, 2.24) is 0 Å². The number of unbranched alkanes of at least 4 members (excludes halogenated alkanes) is 2. The second kappa shape index (κ2) is 10.2. The van der Waals surface area contributed by atoms with Crippen LogP contribution in [0.5, 0.6) is 0 Å². The van der Waals surface area contributed by atoms with Gasteiger partial charge in [-0.1, -0.05) is 76.5 Å². The number of fused-ring (bicyclic) bond motifs is 1. The lowest BCUT2D eigenvalue weighted by molar-refractivity contribution is 0.0600. The van der Waals surface area contributed by atoms with Gasteiger partial charge in [0.15, 0.2) is 0 Å². The molecule has 31 heavy (non-hydrogen) atoms. The standard InChI is InChI=1S/C28H37NO2/c1-6-7-8-9-22(13-10-21-11-14-23(15-12-21)27(30)31-5)24-16-17-25-26(20-24)29(4)19-18-28(25,2)3/h10-17,20,22H,6-9,18-19H2,1-5H3/b13-10+. The Morgan fingerprint density at radius 3 is 2.58 bits per heavy atom. The van der Waals surface area contributed by atoms with Crippen LogP contribution in [0.2, 0.25) is 0 Å². The molecular formula is C28H37NO2. The number of rotatable bonds is 8. The zero-order chi connectivity index (χ0) is 22.4. The molecule has 0 N–H and O–H groups in total. The molecule has 1 heterocycles. The summed E-state index contributed by atoms with van der Waals surface area (Å²) in [6, 6.07) is 14.7. The van der Waals surface area contributed by atoms with Crippen LogP contribution in [0.25, 0.3) is 6.08 Å². The van der Waals surface area contributed by atoms with Gasteiger partial charge in [-0.3, -0.25) is 0 Å². The van der Waals surface area contributed by atoms with Crippen molar-refractivity contribution in [1.29, 1.82) is 0 Å². The Labute approximate surface area is 188 Å². The fourth-order valence-corrected chi connectivity index (χ4v) is 4.43. The minimum atomic E-state index is -0.297. The van der Waals surface area contributed by atoms with Crippen LogP contribution in [0.4, 0.5) is 5.69 Å². The minimum Gasteiger partial charge on any atom is -0.465 e. The zero-order valence-corrected chi connectivity index (χ0v) is 19.8. The predicted molar refractivity (Wildman–Crippen MR) is 131 cm³/mol. The van der Waals surface area contributed by atoms with Crippen LogP contribution in [0.15, 0.2) is 48.5 Å². The monoisotopic (exact) mass is 419 g/mol. The first-order chi connectivity index (χ1) is 14.9. The average molecular weight is 420 g/mol. The maximum absolute atomic E-state index is 11.7. The summed E-state index contributed by atoms with van der Waals surface area (Å²) in [6.45, 7) is 8.07. The quantitative estimate of drug-likeness (QED) is 0.342. The van der Waals surface area contributed by atoms with Crippen molar-refractivity contribution in [3.8, 4) is 0 Å². The molecule has 0 radical (unpaired) electrons. The van der Waals surface area contributed by atoms with Crippen LogP contribution in [0.1, 0.15) is 85.8 Å². The Balaban J connectivity index is 1.86. The maximum atomic E-state index is 11.7. The van der Waals surface area contributed by atoms with E-state index >= 15 is 0 Å². The van der Waals surface area contributed by atoms with Gasteiger partial charge in [-0.25, -0.2) is 4.79 Å². The van der Waals surface area contributed by atoms with Gasteiger partial charge in [0, 0.05) is 25.2 Å². The molecule has 0 aliphatic carbocycles. The first-order valence-corrected chi connectivity index (χ1v) is 11.6. The summed E-state index contributed by atoms with van der Waals surface area (Å²) in [5.41, 5.74) is 6.14. The van der Waals surface area contributed by atoms with E-state index in [1.165, 1.54) is 49.6 Å². The number of esters is 1. The van der Waals surface area contributed by atoms with Crippen molar-refractivity contribution in [2.75, 3.05) is 25.6 Å². The van der Waals surface area contributed by atoms with Gasteiger partial charge < -0.3 is 9.64 Å². The molecule has 0 fully saturated rings. The first-order valence-electron chi connectivity index (χ1n) is 11.6. The van der Waals surface area contributed by atoms with E-state index in [0.717, 1.165) is 18.5 Å². The zero-order valence-electron chi connectivity index (χ0n) is 19.8. The van der Waals surface area contributed by atoms with Gasteiger partial charge in [-0.2, -0.15) is 0 Å². The summed E-state index contributed by atoms with van der Waals surface area (Å²) in [4.78, 5) is 14.1. The molecule has 0 saturated carbocycles. The Morgan fingerprint density at radius 2 is 1.90 bits per heavy atom. The van der Waals surface area contributed by atoms with Gasteiger partial charge in [-0.05, 0) is 53.1 Å². The summed E-state index contributed by atoms with van der Waals surface area (Å²) in [7, 11) is 3.62. The number of benzene rings is 2. The number of carbonyl (C=O) groups is 1. The lowest BCUT2D eigenvalue weighted by atomic mass is 9.76. The van der Waals surface area contributed by atoms with Gasteiger partial charge in [-0.15, -0.1) is 0 Å². The second-order valence-corrected chi connectivity index (χ2v) is 9.41. The molecule has 166 valence electrons. The van der Waals surface area contributed by atoms with E-state index in [2.05, 4.69) is 63.1 Å². The van der Waals surface area contributed by atoms with Crippen LogP contribution in [-0.2, 0) is 10.2 Å². The number of hydrogen-bond donors (Lipinski definition) is 0. The molecule has 3 heteroatoms. The highest BCUT2D eigenvalue weighted by Crippen LogP contribution is 2.41. The Morgan fingerprint density at radius 1 is 1.16 bits per heavy atom. The molecule has 0 bridgehead atoms. The average Bonchev–Trinajstić information content (AvgIpc) is 2.78. The largest absolute Gasteiger partial charge is 0.465 e. The lowest BCUT2D eigenvalue weighted by Crippen LogP contribution is -2.34. The van der Waals surface area contributed by atoms with E-state index in [-0.39, 0.29) is 11.4 Å². The third kappa shape index (κ3) is 5.58. The predicted octanol–water partition coefficient (Wildman–Crippen LogP) is 6.97. The molecule has 0 amide bonds. The molecule has 1 aliphatic rings. The smallest absolute Gasteiger partial charge is 0.337 e. The Hall–Kier alpha value is -2.55. The Kier molecular flexibility index (Phi) is 7.59. The van der Waals surface area contributed by atoms with E-state index in [1.807, 2.05) is 24.3 Å². The summed E-state index contributed by atoms with van der Waals surface area (Å²) in [5, 5.41) is 0. The Bertz CT molecular complexity index is 911. The van der Waals surface area contributed by atoms with Crippen molar-refractivity contribution < 1.29 is 9.53 Å². The normalized spacial score (nSPS) is 16.2. The highest BCUT2D eigenvalue weighted by molar-refractivity contribution is 5.89. The van der Waals surface area contributed by atoms with E-state index in [1.54, 1.807) is 0 Å². The highest BCUT2D eigenvalue weighted by Gasteiger charge is 2.30. The molecular weight excluding hydrogens is 382 g/mol. The van der Waals surface area contributed by atoms with Crippen molar-refractivity contribution in [2.24, 2.45) is 0 Å². The van der Waals surface area contributed by atoms with E-state index in [4.69, 9.17) is 4.74 Å². The van der Waals surface area contributed by atoms with Crippen molar-refractivity contribution in [2.45, 2.75) is 64.2 Å². The molecule has 1 atom stereocenters. The number of anilines is 1. The van der Waals surface area contributed by atoms with E-state index in [9.17, 15) is 4.79 Å². The molecule has 1 aliphatic heterocycles. The lowest BCUT2D eigenvalue weighted by Gasteiger charge is -2.39. The number of hydrogen-bond acceptors (Lipinski definition) is 3. The fourth-order valence-electron chi connectivity index (χ4n) is 4.43. The van der Waals surface area contributed by atoms with Crippen LogP contribution in [0, 0.1) is 0 Å². The van der Waals surface area contributed by atoms with E-state index < -0.39 is 0 Å². The number of allylic oxidation sites excluding steroid dienone is 1. The van der Waals surface area contributed by atoms with Crippen molar-refractivity contribution in [3.05, 3.63) is 70.8 Å². The highest BCUT2D eigenvalue weighted by atomic mass is 16.5. The fraction of sp³-hybridized carbons (Fsp3) is 0.464. The molecule has 0 spiro atoms. The third-order valence-electron chi connectivity index (χ3n) is 6.63. The molecule has 1 unspecified atom stereocenters. The van der Waals surface area contributed by atoms with Gasteiger partial charge in [0.2, 0.25) is 0 Å². The van der Waals surface area contributed by atoms with Gasteiger partial charge in [0.25, 0.3) is 0 Å².